The van der Waals surface area contributed by atoms with E-state index in [1.807, 2.05) is 12.4 Å². The fourth-order valence-electron chi connectivity index (χ4n) is 1.34. The maximum absolute atomic E-state index is 4.25. The number of aromatic nitrogens is 3. The molecular formula is C9H11N3S. The van der Waals surface area contributed by atoms with Crippen LogP contribution in [0.4, 0.5) is 0 Å². The van der Waals surface area contributed by atoms with Gasteiger partial charge in [0.2, 0.25) is 0 Å². The first-order valence-corrected chi connectivity index (χ1v) is 4.92. The van der Waals surface area contributed by atoms with Crippen LogP contribution in [0.2, 0.25) is 0 Å². The Morgan fingerprint density at radius 2 is 2.31 bits per heavy atom. The van der Waals surface area contributed by atoms with Crippen LogP contribution >= 0.6 is 12.6 Å². The monoisotopic (exact) mass is 193 g/mol. The second-order valence-electron chi connectivity index (χ2n) is 2.88. The normalized spacial score (nSPS) is 10.8. The van der Waals surface area contributed by atoms with Crippen LogP contribution < -0.4 is 0 Å². The number of aryl methyl sites for hydroxylation is 1. The topological polar surface area (TPSA) is 30.2 Å². The molecule has 2 aromatic heterocycles. The molecule has 13 heavy (non-hydrogen) atoms. The minimum atomic E-state index is 0.914. The predicted molar refractivity (Wildman–Crippen MR) is 55.2 cm³/mol. The molecule has 0 N–H and O–H groups in total. The van der Waals surface area contributed by atoms with Crippen LogP contribution in [0.15, 0.2) is 24.8 Å². The Bertz CT molecular complexity index is 396. The van der Waals surface area contributed by atoms with Crippen LogP contribution in [0.1, 0.15) is 12.1 Å². The van der Waals surface area contributed by atoms with E-state index in [0.29, 0.717) is 0 Å². The van der Waals surface area contributed by atoms with Crippen molar-refractivity contribution in [2.45, 2.75) is 12.8 Å². The van der Waals surface area contributed by atoms with Crippen LogP contribution in [-0.2, 0) is 6.42 Å². The molecule has 0 atom stereocenters. The SMILES string of the molecule is SCCCc1cnc2cnccn12. The van der Waals surface area contributed by atoms with E-state index >= 15 is 0 Å². The van der Waals surface area contributed by atoms with Crippen molar-refractivity contribution >= 4 is 18.3 Å². The van der Waals surface area contributed by atoms with Crippen molar-refractivity contribution in [3.8, 4) is 0 Å². The molecule has 0 aliphatic carbocycles. The van der Waals surface area contributed by atoms with Gasteiger partial charge in [0.05, 0.1) is 6.20 Å². The van der Waals surface area contributed by atoms with Crippen LogP contribution in [-0.4, -0.2) is 20.1 Å². The highest BCUT2D eigenvalue weighted by atomic mass is 32.1. The summed E-state index contributed by atoms with van der Waals surface area (Å²) in [6.45, 7) is 0. The maximum atomic E-state index is 4.25. The van der Waals surface area contributed by atoms with Crippen LogP contribution in [0.5, 0.6) is 0 Å². The van der Waals surface area contributed by atoms with Crippen molar-refractivity contribution in [3.05, 3.63) is 30.5 Å². The van der Waals surface area contributed by atoms with Crippen molar-refractivity contribution in [1.82, 2.24) is 14.4 Å². The summed E-state index contributed by atoms with van der Waals surface area (Å²) in [5.41, 5.74) is 2.14. The van der Waals surface area contributed by atoms with Gasteiger partial charge in [-0.15, -0.1) is 0 Å². The summed E-state index contributed by atoms with van der Waals surface area (Å²) in [7, 11) is 0. The molecule has 0 spiro atoms. The summed E-state index contributed by atoms with van der Waals surface area (Å²) in [6.07, 6.45) is 9.49. The van der Waals surface area contributed by atoms with Gasteiger partial charge < -0.3 is 4.40 Å². The van der Waals surface area contributed by atoms with Gasteiger partial charge in [-0.2, -0.15) is 12.6 Å². The standard InChI is InChI=1S/C9H11N3S/c13-5-1-2-8-6-11-9-7-10-3-4-12(8)9/h3-4,6-7,13H,1-2,5H2. The molecule has 0 aliphatic heterocycles. The molecule has 3 nitrogen and oxygen atoms in total. The first kappa shape index (κ1) is 8.56. The number of imidazole rings is 1. The van der Waals surface area contributed by atoms with Gasteiger partial charge in [0, 0.05) is 24.3 Å². The molecule has 0 fully saturated rings. The number of hydrogen-bond acceptors (Lipinski definition) is 3. The number of fused-ring (bicyclic) bond motifs is 1. The fourth-order valence-corrected chi connectivity index (χ4v) is 1.50. The largest absolute Gasteiger partial charge is 0.301 e. The highest BCUT2D eigenvalue weighted by Crippen LogP contribution is 2.07. The molecule has 0 aromatic carbocycles. The van der Waals surface area contributed by atoms with Crippen molar-refractivity contribution in [2.75, 3.05) is 5.75 Å². The lowest BCUT2D eigenvalue weighted by molar-refractivity contribution is 0.875. The molecule has 2 heterocycles. The molecule has 0 amide bonds. The summed E-state index contributed by atoms with van der Waals surface area (Å²) in [6, 6.07) is 0. The quantitative estimate of drug-likeness (QED) is 0.750. The Hall–Kier alpha value is -1.03. The maximum Gasteiger partial charge on any atom is 0.155 e. The molecule has 0 saturated carbocycles. The lowest BCUT2D eigenvalue weighted by Crippen LogP contribution is -1.93. The zero-order chi connectivity index (χ0) is 9.10. The van der Waals surface area contributed by atoms with Gasteiger partial charge in [-0.05, 0) is 18.6 Å². The van der Waals surface area contributed by atoms with Crippen LogP contribution in [0.3, 0.4) is 0 Å². The highest BCUT2D eigenvalue weighted by Gasteiger charge is 2.00. The Balaban J connectivity index is 2.35. The molecule has 68 valence electrons. The van der Waals surface area contributed by atoms with Crippen LogP contribution in [0, 0.1) is 0 Å². The molecule has 0 saturated heterocycles. The van der Waals surface area contributed by atoms with Gasteiger partial charge in [-0.25, -0.2) is 4.98 Å². The van der Waals surface area contributed by atoms with E-state index in [0.717, 1.165) is 24.2 Å². The van der Waals surface area contributed by atoms with E-state index in [9.17, 15) is 0 Å². The highest BCUT2D eigenvalue weighted by molar-refractivity contribution is 7.80. The van der Waals surface area contributed by atoms with E-state index in [2.05, 4.69) is 27.0 Å². The van der Waals surface area contributed by atoms with Gasteiger partial charge in [0.1, 0.15) is 0 Å². The smallest absolute Gasteiger partial charge is 0.155 e. The predicted octanol–water partition coefficient (Wildman–Crippen LogP) is 1.59. The van der Waals surface area contributed by atoms with Crippen molar-refractivity contribution in [2.24, 2.45) is 0 Å². The summed E-state index contributed by atoms with van der Waals surface area (Å²) < 4.78 is 2.07. The third-order valence-corrected chi connectivity index (χ3v) is 2.30. The summed E-state index contributed by atoms with van der Waals surface area (Å²) in [4.78, 5) is 8.26. The molecule has 4 heteroatoms. The van der Waals surface area contributed by atoms with Gasteiger partial charge in [0.25, 0.3) is 0 Å². The fraction of sp³-hybridized carbons (Fsp3) is 0.333. The molecule has 0 bridgehead atoms. The van der Waals surface area contributed by atoms with Gasteiger partial charge >= 0.3 is 0 Å². The zero-order valence-corrected chi connectivity index (χ0v) is 8.11. The van der Waals surface area contributed by atoms with Crippen LogP contribution in [0.25, 0.3) is 5.65 Å². The second-order valence-corrected chi connectivity index (χ2v) is 3.33. The van der Waals surface area contributed by atoms with Crippen molar-refractivity contribution in [3.63, 3.8) is 0 Å². The van der Waals surface area contributed by atoms with Gasteiger partial charge in [0.15, 0.2) is 5.65 Å². The van der Waals surface area contributed by atoms with E-state index < -0.39 is 0 Å². The number of thiol groups is 1. The lowest BCUT2D eigenvalue weighted by Gasteiger charge is -1.98. The van der Waals surface area contributed by atoms with Gasteiger partial charge in [-0.3, -0.25) is 4.98 Å². The van der Waals surface area contributed by atoms with E-state index in [4.69, 9.17) is 0 Å². The molecular weight excluding hydrogens is 182 g/mol. The number of rotatable bonds is 3. The summed E-state index contributed by atoms with van der Waals surface area (Å²) >= 11 is 4.18. The average Bonchev–Trinajstić information content (AvgIpc) is 2.58. The molecule has 0 radical (unpaired) electrons. The van der Waals surface area contributed by atoms with Crippen molar-refractivity contribution in [1.29, 1.82) is 0 Å². The zero-order valence-electron chi connectivity index (χ0n) is 7.22. The van der Waals surface area contributed by atoms with Gasteiger partial charge in [-0.1, -0.05) is 0 Å². The molecule has 2 rings (SSSR count). The Morgan fingerprint density at radius 3 is 3.15 bits per heavy atom. The number of hydrogen-bond donors (Lipinski definition) is 1. The minimum Gasteiger partial charge on any atom is -0.301 e. The minimum absolute atomic E-state index is 0.914. The second kappa shape index (κ2) is 3.79. The number of nitrogens with zero attached hydrogens (tertiary/aromatic N) is 3. The molecule has 0 aliphatic rings. The Morgan fingerprint density at radius 1 is 1.38 bits per heavy atom. The van der Waals surface area contributed by atoms with E-state index in [1.54, 1.807) is 12.4 Å². The summed E-state index contributed by atoms with van der Waals surface area (Å²) in [5, 5.41) is 0. The lowest BCUT2D eigenvalue weighted by atomic mass is 10.3. The molecule has 2 aromatic rings. The Kier molecular flexibility index (Phi) is 2.49. The van der Waals surface area contributed by atoms with E-state index in [-0.39, 0.29) is 0 Å². The first-order chi connectivity index (χ1) is 6.42. The van der Waals surface area contributed by atoms with E-state index in [1.165, 1.54) is 5.69 Å². The van der Waals surface area contributed by atoms with Crippen molar-refractivity contribution < 1.29 is 0 Å². The third-order valence-electron chi connectivity index (χ3n) is 1.98. The first-order valence-electron chi connectivity index (χ1n) is 4.28. The average molecular weight is 193 g/mol. The molecule has 0 unspecified atom stereocenters. The third kappa shape index (κ3) is 1.67. The summed E-state index contributed by atoms with van der Waals surface area (Å²) in [5.74, 6) is 0.915. The Labute approximate surface area is 82.2 Å².